The number of hydrogen-bond acceptors (Lipinski definition) is 3. The minimum Gasteiger partial charge on any atom is -0.491 e. The summed E-state index contributed by atoms with van der Waals surface area (Å²) in [4.78, 5) is 0. The third-order valence-electron chi connectivity index (χ3n) is 3.22. The Hall–Kier alpha value is -1.55. The quantitative estimate of drug-likeness (QED) is 0.823. The summed E-state index contributed by atoms with van der Waals surface area (Å²) in [5.74, 6) is 0.703. The van der Waals surface area contributed by atoms with Gasteiger partial charge in [0.05, 0.1) is 0 Å². The highest BCUT2D eigenvalue weighted by atomic mass is 35.5. The molecular formula is C17H20ClNO2. The number of hydrogen-bond donors (Lipinski definition) is 2. The van der Waals surface area contributed by atoms with E-state index in [0.717, 1.165) is 0 Å². The fourth-order valence-corrected chi connectivity index (χ4v) is 2.08. The number of aliphatic hydroxyl groups excluding tert-OH is 1. The first-order valence-electron chi connectivity index (χ1n) is 7.00. The van der Waals surface area contributed by atoms with Gasteiger partial charge in [0.2, 0.25) is 0 Å². The van der Waals surface area contributed by atoms with Crippen LogP contribution in [0.5, 0.6) is 5.75 Å². The van der Waals surface area contributed by atoms with Crippen molar-refractivity contribution in [1.82, 2.24) is 5.32 Å². The number of benzene rings is 2. The van der Waals surface area contributed by atoms with Gasteiger partial charge in [0.25, 0.3) is 0 Å². The maximum Gasteiger partial charge on any atom is 0.119 e. The summed E-state index contributed by atoms with van der Waals surface area (Å²) in [7, 11) is 0. The predicted molar refractivity (Wildman–Crippen MR) is 85.8 cm³/mol. The Kier molecular flexibility index (Phi) is 6.05. The average Bonchev–Trinajstić information content (AvgIpc) is 2.53. The molecule has 3 nitrogen and oxygen atoms in total. The van der Waals surface area contributed by atoms with Crippen molar-refractivity contribution in [3.05, 3.63) is 65.2 Å². The van der Waals surface area contributed by atoms with Crippen molar-refractivity contribution in [3.8, 4) is 5.75 Å². The van der Waals surface area contributed by atoms with Crippen LogP contribution >= 0.6 is 11.6 Å². The molecule has 0 saturated heterocycles. The van der Waals surface area contributed by atoms with Crippen molar-refractivity contribution in [2.45, 2.75) is 19.1 Å². The Balaban J connectivity index is 1.72. The van der Waals surface area contributed by atoms with Gasteiger partial charge in [-0.25, -0.2) is 0 Å². The normalized spacial score (nSPS) is 13.7. The van der Waals surface area contributed by atoms with Crippen LogP contribution in [0, 0.1) is 0 Å². The molecule has 0 heterocycles. The van der Waals surface area contributed by atoms with E-state index in [4.69, 9.17) is 16.3 Å². The SMILES string of the molecule is C[C@@H](NCC(O)COc1ccc(Cl)cc1)c1ccccc1. The predicted octanol–water partition coefficient (Wildman–Crippen LogP) is 3.43. The van der Waals surface area contributed by atoms with Gasteiger partial charge in [0, 0.05) is 17.6 Å². The van der Waals surface area contributed by atoms with Crippen LogP contribution < -0.4 is 10.1 Å². The van der Waals surface area contributed by atoms with Gasteiger partial charge in [-0.05, 0) is 36.8 Å². The van der Waals surface area contributed by atoms with E-state index in [-0.39, 0.29) is 12.6 Å². The number of halogens is 1. The van der Waals surface area contributed by atoms with Gasteiger partial charge in [0.15, 0.2) is 0 Å². The summed E-state index contributed by atoms with van der Waals surface area (Å²) in [6.07, 6.45) is -0.563. The zero-order chi connectivity index (χ0) is 15.1. The molecule has 21 heavy (non-hydrogen) atoms. The lowest BCUT2D eigenvalue weighted by Gasteiger charge is -2.18. The minimum atomic E-state index is -0.563. The Morgan fingerprint density at radius 2 is 1.76 bits per heavy atom. The summed E-state index contributed by atoms with van der Waals surface area (Å²) in [6.45, 7) is 2.79. The monoisotopic (exact) mass is 305 g/mol. The molecule has 0 spiro atoms. The van der Waals surface area contributed by atoms with Crippen molar-refractivity contribution < 1.29 is 9.84 Å². The van der Waals surface area contributed by atoms with Gasteiger partial charge in [0.1, 0.15) is 18.5 Å². The number of ether oxygens (including phenoxy) is 1. The Bertz CT molecular complexity index is 530. The molecule has 0 aliphatic rings. The van der Waals surface area contributed by atoms with Crippen LogP contribution in [0.3, 0.4) is 0 Å². The van der Waals surface area contributed by atoms with Crippen LogP contribution in [-0.2, 0) is 0 Å². The lowest BCUT2D eigenvalue weighted by Crippen LogP contribution is -2.33. The summed E-state index contributed by atoms with van der Waals surface area (Å²) < 4.78 is 5.51. The van der Waals surface area contributed by atoms with E-state index < -0.39 is 6.10 Å². The standard InChI is InChI=1S/C17H20ClNO2/c1-13(14-5-3-2-4-6-14)19-11-16(20)12-21-17-9-7-15(18)8-10-17/h2-10,13,16,19-20H,11-12H2,1H3/t13-,16?/m1/s1. The number of nitrogens with one attached hydrogen (secondary N) is 1. The first-order valence-corrected chi connectivity index (χ1v) is 7.37. The van der Waals surface area contributed by atoms with E-state index in [1.165, 1.54) is 5.56 Å². The first kappa shape index (κ1) is 15.8. The van der Waals surface area contributed by atoms with Crippen LogP contribution in [0.2, 0.25) is 5.02 Å². The van der Waals surface area contributed by atoms with E-state index in [0.29, 0.717) is 17.3 Å². The minimum absolute atomic E-state index is 0.191. The number of rotatable bonds is 7. The molecule has 4 heteroatoms. The molecule has 0 saturated carbocycles. The molecule has 2 aromatic rings. The molecule has 0 amide bonds. The van der Waals surface area contributed by atoms with Crippen LogP contribution in [-0.4, -0.2) is 24.4 Å². The van der Waals surface area contributed by atoms with E-state index in [1.807, 2.05) is 18.2 Å². The zero-order valence-electron chi connectivity index (χ0n) is 12.0. The Morgan fingerprint density at radius 1 is 1.10 bits per heavy atom. The summed E-state index contributed by atoms with van der Waals surface area (Å²) >= 11 is 5.80. The fourth-order valence-electron chi connectivity index (χ4n) is 1.95. The maximum atomic E-state index is 9.95. The number of aliphatic hydroxyl groups is 1. The highest BCUT2D eigenvalue weighted by molar-refractivity contribution is 6.30. The topological polar surface area (TPSA) is 41.5 Å². The lowest BCUT2D eigenvalue weighted by molar-refractivity contribution is 0.104. The van der Waals surface area contributed by atoms with Crippen molar-refractivity contribution in [2.24, 2.45) is 0 Å². The largest absolute Gasteiger partial charge is 0.491 e. The van der Waals surface area contributed by atoms with E-state index in [9.17, 15) is 5.11 Å². The molecule has 0 fully saturated rings. The van der Waals surface area contributed by atoms with Crippen molar-refractivity contribution in [1.29, 1.82) is 0 Å². The van der Waals surface area contributed by atoms with Crippen LogP contribution in [0.4, 0.5) is 0 Å². The van der Waals surface area contributed by atoms with Gasteiger partial charge in [-0.2, -0.15) is 0 Å². The third kappa shape index (κ3) is 5.38. The molecule has 2 atom stereocenters. The molecule has 0 aromatic heterocycles. The molecule has 0 aliphatic carbocycles. The molecule has 0 bridgehead atoms. The van der Waals surface area contributed by atoms with Crippen molar-refractivity contribution in [2.75, 3.05) is 13.2 Å². The highest BCUT2D eigenvalue weighted by Gasteiger charge is 2.09. The van der Waals surface area contributed by atoms with Crippen molar-refractivity contribution in [3.63, 3.8) is 0 Å². The van der Waals surface area contributed by atoms with Crippen LogP contribution in [0.15, 0.2) is 54.6 Å². The van der Waals surface area contributed by atoms with Gasteiger partial charge < -0.3 is 15.2 Å². The van der Waals surface area contributed by atoms with Crippen molar-refractivity contribution >= 4 is 11.6 Å². The maximum absolute atomic E-state index is 9.95. The van der Waals surface area contributed by atoms with Gasteiger partial charge in [-0.1, -0.05) is 41.9 Å². The average molecular weight is 306 g/mol. The highest BCUT2D eigenvalue weighted by Crippen LogP contribution is 2.15. The molecule has 1 unspecified atom stereocenters. The summed E-state index contributed by atoms with van der Waals surface area (Å²) in [5, 5.41) is 13.9. The van der Waals surface area contributed by atoms with Gasteiger partial charge >= 0.3 is 0 Å². The van der Waals surface area contributed by atoms with E-state index in [2.05, 4.69) is 24.4 Å². The molecule has 2 aromatic carbocycles. The molecule has 0 radical (unpaired) electrons. The van der Waals surface area contributed by atoms with Gasteiger partial charge in [-0.15, -0.1) is 0 Å². The van der Waals surface area contributed by atoms with E-state index in [1.54, 1.807) is 24.3 Å². The van der Waals surface area contributed by atoms with Crippen LogP contribution in [0.1, 0.15) is 18.5 Å². The molecule has 2 rings (SSSR count). The second-order valence-corrected chi connectivity index (χ2v) is 5.40. The van der Waals surface area contributed by atoms with E-state index >= 15 is 0 Å². The fraction of sp³-hybridized carbons (Fsp3) is 0.294. The smallest absolute Gasteiger partial charge is 0.119 e. The zero-order valence-corrected chi connectivity index (χ0v) is 12.8. The molecule has 112 valence electrons. The third-order valence-corrected chi connectivity index (χ3v) is 3.47. The lowest BCUT2D eigenvalue weighted by atomic mass is 10.1. The summed E-state index contributed by atoms with van der Waals surface area (Å²) in [5.41, 5.74) is 1.20. The Labute approximate surface area is 130 Å². The second-order valence-electron chi connectivity index (χ2n) is 4.96. The first-order chi connectivity index (χ1) is 10.1. The van der Waals surface area contributed by atoms with Crippen LogP contribution in [0.25, 0.3) is 0 Å². The molecule has 0 aliphatic heterocycles. The Morgan fingerprint density at radius 3 is 2.43 bits per heavy atom. The summed E-state index contributed by atoms with van der Waals surface area (Å²) in [6, 6.07) is 17.4. The molecule has 2 N–H and O–H groups in total. The second kappa shape index (κ2) is 8.03. The van der Waals surface area contributed by atoms with Gasteiger partial charge in [-0.3, -0.25) is 0 Å². The molecular weight excluding hydrogens is 286 g/mol.